The van der Waals surface area contributed by atoms with E-state index in [4.69, 9.17) is 5.53 Å². The molecule has 7 heteroatoms. The van der Waals surface area contributed by atoms with Crippen LogP contribution in [0.15, 0.2) is 5.11 Å². The van der Waals surface area contributed by atoms with Crippen molar-refractivity contribution in [3.63, 3.8) is 0 Å². The van der Waals surface area contributed by atoms with Crippen LogP contribution >= 0.6 is 11.8 Å². The van der Waals surface area contributed by atoms with Crippen molar-refractivity contribution in [1.29, 1.82) is 0 Å². The van der Waals surface area contributed by atoms with Gasteiger partial charge in [0, 0.05) is 23.8 Å². The molecule has 0 spiro atoms. The van der Waals surface area contributed by atoms with Gasteiger partial charge in [0.1, 0.15) is 5.54 Å². The molecule has 1 aliphatic rings. The average Bonchev–Trinajstić information content (AvgIpc) is 2.23. The third kappa shape index (κ3) is 3.80. The van der Waals surface area contributed by atoms with Crippen LogP contribution in [0.25, 0.3) is 10.4 Å². The fraction of sp³-hybridized carbons (Fsp3) is 0.900. The minimum Gasteiger partial charge on any atom is -0.480 e. The maximum atomic E-state index is 11.4. The molecule has 1 atom stereocenters. The summed E-state index contributed by atoms with van der Waals surface area (Å²) >= 11 is 1.65. The molecule has 0 aromatic carbocycles. The van der Waals surface area contributed by atoms with E-state index in [1.54, 1.807) is 11.8 Å². The van der Waals surface area contributed by atoms with E-state index < -0.39 is 11.5 Å². The number of carbonyl (C=O) groups is 1. The first-order valence-electron chi connectivity index (χ1n) is 5.49. The lowest BCUT2D eigenvalue weighted by molar-refractivity contribution is -0.145. The van der Waals surface area contributed by atoms with Crippen LogP contribution < -0.4 is 5.32 Å². The summed E-state index contributed by atoms with van der Waals surface area (Å²) in [4.78, 5) is 14.1. The third-order valence-electron chi connectivity index (χ3n) is 2.77. The number of rotatable bonds is 5. The summed E-state index contributed by atoms with van der Waals surface area (Å²) < 4.78 is 0. The average molecular weight is 258 g/mol. The maximum absolute atomic E-state index is 11.4. The van der Waals surface area contributed by atoms with Crippen LogP contribution in [0.5, 0.6) is 0 Å². The summed E-state index contributed by atoms with van der Waals surface area (Å²) in [5.41, 5.74) is 7.29. The van der Waals surface area contributed by atoms with Gasteiger partial charge in [-0.2, -0.15) is 11.8 Å². The molecule has 1 fully saturated rings. The molecule has 6 nitrogen and oxygen atoms in total. The SMILES string of the molecule is CC1(C)CSCC(NCCN=[N+]=[N-])(C(=O)O)C1. The van der Waals surface area contributed by atoms with Crippen molar-refractivity contribution in [3.8, 4) is 0 Å². The number of carboxylic acid groups (broad SMARTS) is 1. The highest BCUT2D eigenvalue weighted by Crippen LogP contribution is 2.39. The van der Waals surface area contributed by atoms with Gasteiger partial charge >= 0.3 is 5.97 Å². The van der Waals surface area contributed by atoms with Gasteiger partial charge in [-0.3, -0.25) is 4.79 Å². The number of thioether (sulfide) groups is 1. The highest BCUT2D eigenvalue weighted by atomic mass is 32.2. The third-order valence-corrected chi connectivity index (χ3v) is 4.45. The van der Waals surface area contributed by atoms with Gasteiger partial charge in [0.25, 0.3) is 0 Å². The zero-order valence-corrected chi connectivity index (χ0v) is 11.0. The molecule has 0 radical (unpaired) electrons. The largest absolute Gasteiger partial charge is 0.480 e. The molecule has 96 valence electrons. The van der Waals surface area contributed by atoms with Crippen molar-refractivity contribution < 1.29 is 9.90 Å². The van der Waals surface area contributed by atoms with E-state index in [2.05, 4.69) is 29.2 Å². The van der Waals surface area contributed by atoms with Crippen LogP contribution in [0.2, 0.25) is 0 Å². The number of hydrogen-bond donors (Lipinski definition) is 2. The van der Waals surface area contributed by atoms with Gasteiger partial charge in [-0.1, -0.05) is 19.0 Å². The Morgan fingerprint density at radius 1 is 1.59 bits per heavy atom. The number of hydrogen-bond acceptors (Lipinski definition) is 4. The van der Waals surface area contributed by atoms with Crippen LogP contribution in [0.3, 0.4) is 0 Å². The van der Waals surface area contributed by atoms with E-state index >= 15 is 0 Å². The van der Waals surface area contributed by atoms with Gasteiger partial charge in [-0.25, -0.2) is 0 Å². The van der Waals surface area contributed by atoms with Crippen LogP contribution in [0.4, 0.5) is 0 Å². The molecule has 1 rings (SSSR count). The van der Waals surface area contributed by atoms with Crippen molar-refractivity contribution in [2.24, 2.45) is 10.5 Å². The summed E-state index contributed by atoms with van der Waals surface area (Å²) in [7, 11) is 0. The highest BCUT2D eigenvalue weighted by Gasteiger charge is 2.45. The molecule has 0 saturated carbocycles. The molecular weight excluding hydrogens is 240 g/mol. The standard InChI is InChI=1S/C10H18N4O2S/c1-9(2)5-10(8(15)16,7-17-6-9)12-3-4-13-14-11/h12H,3-7H2,1-2H3,(H,15,16). The minimum atomic E-state index is -0.891. The second kappa shape index (κ2) is 5.62. The van der Waals surface area contributed by atoms with Crippen LogP contribution in [0.1, 0.15) is 20.3 Å². The lowest BCUT2D eigenvalue weighted by atomic mass is 9.80. The molecule has 0 aliphatic carbocycles. The second-order valence-electron chi connectivity index (χ2n) is 5.10. The van der Waals surface area contributed by atoms with Crippen molar-refractivity contribution in [3.05, 3.63) is 10.4 Å². The number of nitrogens with zero attached hydrogens (tertiary/aromatic N) is 3. The zero-order valence-electron chi connectivity index (χ0n) is 10.1. The maximum Gasteiger partial charge on any atom is 0.324 e. The van der Waals surface area contributed by atoms with E-state index in [1.807, 2.05) is 0 Å². The van der Waals surface area contributed by atoms with E-state index in [0.717, 1.165) is 5.75 Å². The number of azide groups is 1. The topological polar surface area (TPSA) is 98.1 Å². The van der Waals surface area contributed by atoms with Crippen molar-refractivity contribution >= 4 is 17.7 Å². The molecule has 0 aromatic rings. The first-order chi connectivity index (χ1) is 7.92. The summed E-state index contributed by atoms with van der Waals surface area (Å²) in [6.45, 7) is 4.82. The molecular formula is C10H18N4O2S. The zero-order chi connectivity index (χ0) is 12.9. The molecule has 1 aliphatic heterocycles. The predicted molar refractivity (Wildman–Crippen MR) is 68.1 cm³/mol. The molecule has 1 unspecified atom stereocenters. The van der Waals surface area contributed by atoms with Gasteiger partial charge in [-0.05, 0) is 23.1 Å². The van der Waals surface area contributed by atoms with E-state index in [0.29, 0.717) is 18.7 Å². The Morgan fingerprint density at radius 2 is 2.29 bits per heavy atom. The van der Waals surface area contributed by atoms with Gasteiger partial charge in [-0.15, -0.1) is 0 Å². The number of aliphatic carboxylic acids is 1. The lowest BCUT2D eigenvalue weighted by Crippen LogP contribution is -2.59. The van der Waals surface area contributed by atoms with E-state index in [1.165, 1.54) is 0 Å². The first-order valence-corrected chi connectivity index (χ1v) is 6.64. The Labute approximate surface area is 105 Å². The summed E-state index contributed by atoms with van der Waals surface area (Å²) in [5, 5.41) is 15.8. The molecule has 0 bridgehead atoms. The molecule has 1 heterocycles. The van der Waals surface area contributed by atoms with Gasteiger partial charge in [0.2, 0.25) is 0 Å². The Hall–Kier alpha value is -0.910. The predicted octanol–water partition coefficient (Wildman–Crippen LogP) is 1.87. The highest BCUT2D eigenvalue weighted by molar-refractivity contribution is 7.99. The normalized spacial score (nSPS) is 27.2. The van der Waals surface area contributed by atoms with Crippen LogP contribution in [-0.2, 0) is 4.79 Å². The summed E-state index contributed by atoms with van der Waals surface area (Å²) in [6, 6.07) is 0. The van der Waals surface area contributed by atoms with E-state index in [9.17, 15) is 9.90 Å². The molecule has 0 aromatic heterocycles. The number of carboxylic acids is 1. The second-order valence-corrected chi connectivity index (χ2v) is 6.09. The molecule has 0 amide bonds. The Morgan fingerprint density at radius 3 is 2.82 bits per heavy atom. The first kappa shape index (κ1) is 14.2. The Balaban J connectivity index is 2.68. The molecule has 17 heavy (non-hydrogen) atoms. The monoisotopic (exact) mass is 258 g/mol. The summed E-state index contributed by atoms with van der Waals surface area (Å²) in [6.07, 6.45) is 0.596. The van der Waals surface area contributed by atoms with Gasteiger partial charge in [0.05, 0.1) is 0 Å². The van der Waals surface area contributed by atoms with Gasteiger partial charge in [0.15, 0.2) is 0 Å². The Bertz CT molecular complexity index is 341. The fourth-order valence-electron chi connectivity index (χ4n) is 2.14. The van der Waals surface area contributed by atoms with Crippen LogP contribution in [0, 0.1) is 5.41 Å². The smallest absolute Gasteiger partial charge is 0.324 e. The Kier molecular flexibility index (Phi) is 4.68. The number of nitrogens with one attached hydrogen (secondary N) is 1. The van der Waals surface area contributed by atoms with Gasteiger partial charge < -0.3 is 10.4 Å². The van der Waals surface area contributed by atoms with Crippen LogP contribution in [-0.4, -0.2) is 41.2 Å². The molecule has 1 saturated heterocycles. The van der Waals surface area contributed by atoms with Crippen molar-refractivity contribution in [2.75, 3.05) is 24.6 Å². The fourth-order valence-corrected chi connectivity index (χ4v) is 3.57. The van der Waals surface area contributed by atoms with Crippen molar-refractivity contribution in [2.45, 2.75) is 25.8 Å². The molecule has 2 N–H and O–H groups in total. The van der Waals surface area contributed by atoms with E-state index in [-0.39, 0.29) is 12.0 Å². The summed E-state index contributed by atoms with van der Waals surface area (Å²) in [5.74, 6) is 0.709. The lowest BCUT2D eigenvalue weighted by Gasteiger charge is -2.42. The van der Waals surface area contributed by atoms with Crippen molar-refractivity contribution in [1.82, 2.24) is 5.32 Å². The minimum absolute atomic E-state index is 0.00675. The quantitative estimate of drug-likeness (QED) is 0.340.